The maximum absolute atomic E-state index is 12.8. The van der Waals surface area contributed by atoms with Crippen molar-refractivity contribution in [1.82, 2.24) is 14.9 Å². The summed E-state index contributed by atoms with van der Waals surface area (Å²) in [5.41, 5.74) is 3.04. The summed E-state index contributed by atoms with van der Waals surface area (Å²) in [4.78, 5) is 30.0. The number of rotatable bonds is 9. The molecule has 0 unspecified atom stereocenters. The fourth-order valence-electron chi connectivity index (χ4n) is 3.67. The van der Waals surface area contributed by atoms with Crippen LogP contribution in [0.25, 0.3) is 11.0 Å². The Bertz CT molecular complexity index is 1230. The number of carbonyl (C=O) groups is 2. The minimum absolute atomic E-state index is 0.0429. The lowest BCUT2D eigenvalue weighted by Crippen LogP contribution is -2.25. The first-order valence-corrected chi connectivity index (χ1v) is 10.6. The highest BCUT2D eigenvalue weighted by Crippen LogP contribution is 2.18. The van der Waals surface area contributed by atoms with E-state index in [0.29, 0.717) is 36.3 Å². The summed E-state index contributed by atoms with van der Waals surface area (Å²) < 4.78 is 7.16. The third kappa shape index (κ3) is 4.86. The first kappa shape index (κ1) is 21.3. The van der Waals surface area contributed by atoms with Gasteiger partial charge in [-0.2, -0.15) is 0 Å². The molecule has 162 valence electrons. The first-order valence-electron chi connectivity index (χ1n) is 10.6. The molecule has 0 bridgehead atoms. The molecule has 0 atom stereocenters. The maximum Gasteiger partial charge on any atom is 0.251 e. The lowest BCUT2D eigenvalue weighted by Gasteiger charge is -2.10. The molecule has 3 aromatic carbocycles. The van der Waals surface area contributed by atoms with Gasteiger partial charge in [-0.25, -0.2) is 4.98 Å². The number of carbonyl (C=O) groups excluding carboxylic acids is 2. The molecule has 6 nitrogen and oxygen atoms in total. The third-order valence-electron chi connectivity index (χ3n) is 5.33. The Morgan fingerprint density at radius 1 is 0.938 bits per heavy atom. The normalized spacial score (nSPS) is 10.8. The van der Waals surface area contributed by atoms with Gasteiger partial charge in [0.05, 0.1) is 24.7 Å². The van der Waals surface area contributed by atoms with Crippen LogP contribution in [0.5, 0.6) is 5.75 Å². The number of aryl methyl sites for hydroxylation is 1. The molecule has 4 rings (SSSR count). The lowest BCUT2D eigenvalue weighted by atomic mass is 10.1. The fraction of sp³-hybridized carbons (Fsp3) is 0.192. The number of imidazole rings is 1. The molecule has 4 aromatic rings. The fourth-order valence-corrected chi connectivity index (χ4v) is 3.67. The van der Waals surface area contributed by atoms with E-state index < -0.39 is 0 Å². The number of ketones is 1. The van der Waals surface area contributed by atoms with E-state index in [2.05, 4.69) is 5.32 Å². The Morgan fingerprint density at radius 3 is 2.50 bits per heavy atom. The Labute approximate surface area is 186 Å². The summed E-state index contributed by atoms with van der Waals surface area (Å²) >= 11 is 0. The monoisotopic (exact) mass is 427 g/mol. The van der Waals surface area contributed by atoms with E-state index in [1.807, 2.05) is 59.2 Å². The van der Waals surface area contributed by atoms with Crippen LogP contribution in [0.1, 0.15) is 33.0 Å². The first-order chi connectivity index (χ1) is 15.7. The van der Waals surface area contributed by atoms with Crippen LogP contribution in [0.15, 0.2) is 78.9 Å². The van der Waals surface area contributed by atoms with Gasteiger partial charge in [-0.05, 0) is 36.8 Å². The summed E-state index contributed by atoms with van der Waals surface area (Å²) in [6.07, 6.45) is 1.35. The number of fused-ring (bicyclic) bond motifs is 1. The van der Waals surface area contributed by atoms with Crippen molar-refractivity contribution in [3.63, 3.8) is 0 Å². The minimum Gasteiger partial charge on any atom is -0.497 e. The van der Waals surface area contributed by atoms with E-state index in [0.717, 1.165) is 16.9 Å². The summed E-state index contributed by atoms with van der Waals surface area (Å²) in [5, 5.41) is 2.94. The summed E-state index contributed by atoms with van der Waals surface area (Å²) in [6.45, 7) is 0.738. The molecule has 0 aliphatic carbocycles. The van der Waals surface area contributed by atoms with Crippen LogP contribution in [-0.2, 0) is 13.0 Å². The van der Waals surface area contributed by atoms with Gasteiger partial charge in [-0.1, -0.05) is 48.5 Å². The standard InChI is InChI=1S/C26H25N3O3/c1-32-21-12-7-11-20(17-21)26(31)27-16-8-15-25-28-22-13-5-6-14-23(22)29(25)18-24(30)19-9-3-2-4-10-19/h2-7,9-14,17H,8,15-16,18H2,1H3,(H,27,31). The van der Waals surface area contributed by atoms with Crippen molar-refractivity contribution in [2.45, 2.75) is 19.4 Å². The Kier molecular flexibility index (Phi) is 6.60. The molecule has 0 saturated heterocycles. The van der Waals surface area contributed by atoms with Gasteiger partial charge < -0.3 is 14.6 Å². The zero-order chi connectivity index (χ0) is 22.3. The Morgan fingerprint density at radius 2 is 1.69 bits per heavy atom. The largest absolute Gasteiger partial charge is 0.497 e. The van der Waals surface area contributed by atoms with Gasteiger partial charge in [-0.15, -0.1) is 0 Å². The molecule has 0 radical (unpaired) electrons. The summed E-state index contributed by atoms with van der Waals surface area (Å²) in [5.74, 6) is 1.39. The van der Waals surface area contributed by atoms with Crippen molar-refractivity contribution >= 4 is 22.7 Å². The van der Waals surface area contributed by atoms with E-state index in [4.69, 9.17) is 9.72 Å². The average molecular weight is 428 g/mol. The minimum atomic E-state index is -0.142. The maximum atomic E-state index is 12.8. The van der Waals surface area contributed by atoms with Crippen LogP contribution < -0.4 is 10.1 Å². The third-order valence-corrected chi connectivity index (χ3v) is 5.33. The smallest absolute Gasteiger partial charge is 0.251 e. The number of hydrogen-bond acceptors (Lipinski definition) is 4. The number of hydrogen-bond donors (Lipinski definition) is 1. The molecule has 0 spiro atoms. The topological polar surface area (TPSA) is 73.2 Å². The van der Waals surface area contributed by atoms with Crippen LogP contribution in [0, 0.1) is 0 Å². The van der Waals surface area contributed by atoms with Crippen molar-refractivity contribution in [2.24, 2.45) is 0 Å². The van der Waals surface area contributed by atoms with Crippen LogP contribution in [0.4, 0.5) is 0 Å². The van der Waals surface area contributed by atoms with Gasteiger partial charge in [0.2, 0.25) is 0 Å². The van der Waals surface area contributed by atoms with E-state index in [1.54, 1.807) is 31.4 Å². The second kappa shape index (κ2) is 9.92. The van der Waals surface area contributed by atoms with Crippen molar-refractivity contribution in [3.8, 4) is 5.75 Å². The molecule has 32 heavy (non-hydrogen) atoms. The predicted molar refractivity (Wildman–Crippen MR) is 124 cm³/mol. The second-order valence-corrected chi connectivity index (χ2v) is 7.48. The Hall–Kier alpha value is -3.93. The van der Waals surface area contributed by atoms with Gasteiger partial charge >= 0.3 is 0 Å². The molecule has 1 heterocycles. The molecule has 6 heteroatoms. The van der Waals surface area contributed by atoms with Crippen molar-refractivity contribution in [2.75, 3.05) is 13.7 Å². The quantitative estimate of drug-likeness (QED) is 0.319. The molecule has 1 amide bonds. The van der Waals surface area contributed by atoms with Crippen molar-refractivity contribution in [3.05, 3.63) is 95.8 Å². The van der Waals surface area contributed by atoms with Crippen LogP contribution in [-0.4, -0.2) is 34.9 Å². The molecule has 0 aliphatic rings. The predicted octanol–water partition coefficient (Wildman–Crippen LogP) is 4.29. The number of nitrogens with one attached hydrogen (secondary N) is 1. The number of aromatic nitrogens is 2. The lowest BCUT2D eigenvalue weighted by molar-refractivity contribution is 0.0951. The van der Waals surface area contributed by atoms with Gasteiger partial charge in [0, 0.05) is 24.1 Å². The van der Waals surface area contributed by atoms with Gasteiger partial charge in [0.15, 0.2) is 5.78 Å². The second-order valence-electron chi connectivity index (χ2n) is 7.48. The summed E-state index contributed by atoms with van der Waals surface area (Å²) in [7, 11) is 1.58. The molecule has 0 fully saturated rings. The number of nitrogens with zero attached hydrogens (tertiary/aromatic N) is 2. The van der Waals surface area contributed by atoms with Gasteiger partial charge in [0.1, 0.15) is 11.6 Å². The number of benzene rings is 3. The van der Waals surface area contributed by atoms with E-state index >= 15 is 0 Å². The average Bonchev–Trinajstić information content (AvgIpc) is 3.19. The number of methoxy groups -OCH3 is 1. The van der Waals surface area contributed by atoms with E-state index in [9.17, 15) is 9.59 Å². The van der Waals surface area contributed by atoms with E-state index in [-0.39, 0.29) is 18.2 Å². The molecular formula is C26H25N3O3. The molecule has 0 saturated carbocycles. The zero-order valence-electron chi connectivity index (χ0n) is 18.0. The highest BCUT2D eigenvalue weighted by Gasteiger charge is 2.15. The van der Waals surface area contributed by atoms with Gasteiger partial charge in [-0.3, -0.25) is 9.59 Å². The van der Waals surface area contributed by atoms with Crippen molar-refractivity contribution < 1.29 is 14.3 Å². The van der Waals surface area contributed by atoms with Crippen LogP contribution in [0.3, 0.4) is 0 Å². The highest BCUT2D eigenvalue weighted by atomic mass is 16.5. The van der Waals surface area contributed by atoms with Gasteiger partial charge in [0.25, 0.3) is 5.91 Å². The van der Waals surface area contributed by atoms with Crippen LogP contribution in [0.2, 0.25) is 0 Å². The number of amides is 1. The summed E-state index contributed by atoms with van der Waals surface area (Å²) in [6, 6.07) is 24.2. The molecule has 1 N–H and O–H groups in total. The Balaban J connectivity index is 1.43. The molecular weight excluding hydrogens is 402 g/mol. The SMILES string of the molecule is COc1cccc(C(=O)NCCCc2nc3ccccc3n2CC(=O)c2ccccc2)c1. The number of para-hydroxylation sites is 2. The molecule has 1 aromatic heterocycles. The number of Topliss-reactive ketones (excluding diaryl/α,β-unsaturated/α-hetero) is 1. The highest BCUT2D eigenvalue weighted by molar-refractivity contribution is 5.96. The number of ether oxygens (including phenoxy) is 1. The zero-order valence-corrected chi connectivity index (χ0v) is 18.0. The van der Waals surface area contributed by atoms with Crippen molar-refractivity contribution in [1.29, 1.82) is 0 Å². The molecule has 0 aliphatic heterocycles. The van der Waals surface area contributed by atoms with E-state index in [1.165, 1.54) is 0 Å². The van der Waals surface area contributed by atoms with Crippen LogP contribution >= 0.6 is 0 Å².